The first-order chi connectivity index (χ1) is 9.60. The van der Waals surface area contributed by atoms with Crippen LogP contribution in [-0.2, 0) is 6.61 Å². The molecule has 0 aliphatic carbocycles. The molecule has 0 heterocycles. The van der Waals surface area contributed by atoms with Gasteiger partial charge < -0.3 is 15.2 Å². The minimum absolute atomic E-state index is 0.212. The van der Waals surface area contributed by atoms with Crippen molar-refractivity contribution in [3.05, 3.63) is 59.4 Å². The fraction of sp³-hybridized carbons (Fsp3) is 0.250. The molecule has 0 aromatic heterocycles. The van der Waals surface area contributed by atoms with E-state index in [1.54, 1.807) is 13.2 Å². The Balaban J connectivity index is 2.15. The van der Waals surface area contributed by atoms with Crippen molar-refractivity contribution < 1.29 is 13.9 Å². The highest BCUT2D eigenvalue weighted by atomic mass is 19.1. The molecule has 1 unspecified atom stereocenters. The van der Waals surface area contributed by atoms with Gasteiger partial charge in [-0.3, -0.25) is 0 Å². The minimum Gasteiger partial charge on any atom is -0.497 e. The number of hydrogen-bond donors (Lipinski definition) is 1. The first kappa shape index (κ1) is 14.3. The summed E-state index contributed by atoms with van der Waals surface area (Å²) in [6.45, 7) is 2.17. The van der Waals surface area contributed by atoms with E-state index in [-0.39, 0.29) is 11.9 Å². The van der Waals surface area contributed by atoms with Gasteiger partial charge in [0, 0.05) is 17.7 Å². The summed E-state index contributed by atoms with van der Waals surface area (Å²) < 4.78 is 24.2. The van der Waals surface area contributed by atoms with Gasteiger partial charge in [0.15, 0.2) is 0 Å². The molecule has 0 spiro atoms. The van der Waals surface area contributed by atoms with Crippen molar-refractivity contribution in [2.75, 3.05) is 7.11 Å². The van der Waals surface area contributed by atoms with Gasteiger partial charge >= 0.3 is 0 Å². The van der Waals surface area contributed by atoms with Crippen molar-refractivity contribution >= 4 is 0 Å². The second kappa shape index (κ2) is 6.39. The summed E-state index contributed by atoms with van der Waals surface area (Å²) in [5.74, 6) is 0.899. The Kier molecular flexibility index (Phi) is 4.58. The van der Waals surface area contributed by atoms with Crippen molar-refractivity contribution in [1.29, 1.82) is 0 Å². The number of hydrogen-bond acceptors (Lipinski definition) is 3. The first-order valence-corrected chi connectivity index (χ1v) is 6.41. The molecule has 0 fully saturated rings. The number of benzene rings is 2. The highest BCUT2D eigenvalue weighted by Crippen LogP contribution is 2.26. The molecule has 2 aromatic carbocycles. The highest BCUT2D eigenvalue weighted by molar-refractivity contribution is 5.36. The number of rotatable bonds is 5. The molecule has 0 saturated carbocycles. The average molecular weight is 275 g/mol. The van der Waals surface area contributed by atoms with E-state index in [9.17, 15) is 4.39 Å². The summed E-state index contributed by atoms with van der Waals surface area (Å²) in [6.07, 6.45) is 0. The van der Waals surface area contributed by atoms with Gasteiger partial charge in [-0.05, 0) is 30.7 Å². The van der Waals surface area contributed by atoms with Crippen molar-refractivity contribution in [3.63, 3.8) is 0 Å². The fourth-order valence-electron chi connectivity index (χ4n) is 1.93. The van der Waals surface area contributed by atoms with Crippen LogP contribution in [0.2, 0.25) is 0 Å². The van der Waals surface area contributed by atoms with Crippen molar-refractivity contribution in [2.45, 2.75) is 19.6 Å². The van der Waals surface area contributed by atoms with Gasteiger partial charge in [0.1, 0.15) is 23.9 Å². The SMILES string of the molecule is COc1cccc(COc2cc(F)ccc2C(C)N)c1. The zero-order valence-electron chi connectivity index (χ0n) is 11.6. The van der Waals surface area contributed by atoms with Crippen LogP contribution >= 0.6 is 0 Å². The molecule has 3 nitrogen and oxygen atoms in total. The number of methoxy groups -OCH3 is 1. The zero-order chi connectivity index (χ0) is 14.5. The Morgan fingerprint density at radius 2 is 2.00 bits per heavy atom. The molecule has 20 heavy (non-hydrogen) atoms. The van der Waals surface area contributed by atoms with Crippen LogP contribution < -0.4 is 15.2 Å². The van der Waals surface area contributed by atoms with E-state index in [1.807, 2.05) is 31.2 Å². The van der Waals surface area contributed by atoms with Crippen LogP contribution in [-0.4, -0.2) is 7.11 Å². The van der Waals surface area contributed by atoms with Gasteiger partial charge in [0.05, 0.1) is 7.11 Å². The topological polar surface area (TPSA) is 44.5 Å². The first-order valence-electron chi connectivity index (χ1n) is 6.41. The molecule has 0 amide bonds. The lowest BCUT2D eigenvalue weighted by molar-refractivity contribution is 0.299. The number of halogens is 1. The third kappa shape index (κ3) is 3.48. The predicted octanol–water partition coefficient (Wildman–Crippen LogP) is 3.43. The highest BCUT2D eigenvalue weighted by Gasteiger charge is 2.09. The summed E-state index contributed by atoms with van der Waals surface area (Å²) in [6, 6.07) is 11.7. The van der Waals surface area contributed by atoms with E-state index in [0.29, 0.717) is 12.4 Å². The van der Waals surface area contributed by atoms with Gasteiger partial charge in [-0.1, -0.05) is 18.2 Å². The molecule has 106 valence electrons. The summed E-state index contributed by atoms with van der Waals surface area (Å²) in [4.78, 5) is 0. The van der Waals surface area contributed by atoms with Crippen LogP contribution in [0.15, 0.2) is 42.5 Å². The monoisotopic (exact) mass is 275 g/mol. The largest absolute Gasteiger partial charge is 0.497 e. The third-order valence-corrected chi connectivity index (χ3v) is 2.99. The maximum absolute atomic E-state index is 13.3. The van der Waals surface area contributed by atoms with Gasteiger partial charge in [-0.15, -0.1) is 0 Å². The molecule has 0 aliphatic heterocycles. The van der Waals surface area contributed by atoms with Crippen LogP contribution in [0.1, 0.15) is 24.1 Å². The molecule has 0 saturated heterocycles. The lowest BCUT2D eigenvalue weighted by Gasteiger charge is -2.14. The van der Waals surface area contributed by atoms with Gasteiger partial charge in [-0.2, -0.15) is 0 Å². The summed E-state index contributed by atoms with van der Waals surface area (Å²) >= 11 is 0. The van der Waals surface area contributed by atoms with Crippen LogP contribution in [0.25, 0.3) is 0 Å². The van der Waals surface area contributed by atoms with Crippen LogP contribution in [0.3, 0.4) is 0 Å². The van der Waals surface area contributed by atoms with Crippen LogP contribution in [0, 0.1) is 5.82 Å². The molecule has 0 aliphatic rings. The van der Waals surface area contributed by atoms with E-state index >= 15 is 0 Å². The lowest BCUT2D eigenvalue weighted by Crippen LogP contribution is -2.08. The summed E-state index contributed by atoms with van der Waals surface area (Å²) in [5.41, 5.74) is 7.59. The van der Waals surface area contributed by atoms with E-state index in [4.69, 9.17) is 15.2 Å². The molecular weight excluding hydrogens is 257 g/mol. The summed E-state index contributed by atoms with van der Waals surface area (Å²) in [7, 11) is 1.61. The third-order valence-electron chi connectivity index (χ3n) is 2.99. The average Bonchev–Trinajstić information content (AvgIpc) is 2.45. The standard InChI is InChI=1S/C16H18FNO2/c1-11(18)15-7-6-13(17)9-16(15)20-10-12-4-3-5-14(8-12)19-2/h3-9,11H,10,18H2,1-2H3. The molecule has 0 bridgehead atoms. The van der Waals surface area contributed by atoms with E-state index in [0.717, 1.165) is 16.9 Å². The molecule has 0 radical (unpaired) electrons. The quantitative estimate of drug-likeness (QED) is 0.909. The molecule has 2 aromatic rings. The maximum atomic E-state index is 13.3. The molecule has 1 atom stereocenters. The van der Waals surface area contributed by atoms with E-state index in [1.165, 1.54) is 12.1 Å². The Labute approximate surface area is 118 Å². The Morgan fingerprint density at radius 3 is 2.70 bits per heavy atom. The van der Waals surface area contributed by atoms with E-state index in [2.05, 4.69) is 0 Å². The molecular formula is C16H18FNO2. The fourth-order valence-corrected chi connectivity index (χ4v) is 1.93. The van der Waals surface area contributed by atoms with Crippen molar-refractivity contribution in [3.8, 4) is 11.5 Å². The molecule has 2 N–H and O–H groups in total. The van der Waals surface area contributed by atoms with E-state index < -0.39 is 0 Å². The second-order valence-electron chi connectivity index (χ2n) is 4.61. The van der Waals surface area contributed by atoms with Gasteiger partial charge in [0.2, 0.25) is 0 Å². The maximum Gasteiger partial charge on any atom is 0.127 e. The second-order valence-corrected chi connectivity index (χ2v) is 4.61. The Morgan fingerprint density at radius 1 is 1.20 bits per heavy atom. The predicted molar refractivity (Wildman–Crippen MR) is 76.3 cm³/mol. The van der Waals surface area contributed by atoms with Crippen molar-refractivity contribution in [1.82, 2.24) is 0 Å². The number of nitrogens with two attached hydrogens (primary N) is 1. The smallest absolute Gasteiger partial charge is 0.127 e. The normalized spacial score (nSPS) is 12.0. The Bertz CT molecular complexity index is 584. The molecule has 4 heteroatoms. The minimum atomic E-state index is -0.338. The molecule has 2 rings (SSSR count). The van der Waals surface area contributed by atoms with Gasteiger partial charge in [0.25, 0.3) is 0 Å². The number of ether oxygens (including phenoxy) is 2. The van der Waals surface area contributed by atoms with Gasteiger partial charge in [-0.25, -0.2) is 4.39 Å². The Hall–Kier alpha value is -2.07. The lowest BCUT2D eigenvalue weighted by atomic mass is 10.1. The van der Waals surface area contributed by atoms with Crippen LogP contribution in [0.5, 0.6) is 11.5 Å². The van der Waals surface area contributed by atoms with Crippen molar-refractivity contribution in [2.24, 2.45) is 5.73 Å². The van der Waals surface area contributed by atoms with Crippen LogP contribution in [0.4, 0.5) is 4.39 Å². The zero-order valence-corrected chi connectivity index (χ0v) is 11.6. The summed E-state index contributed by atoms with van der Waals surface area (Å²) in [5, 5.41) is 0.